The van der Waals surface area contributed by atoms with Crippen molar-refractivity contribution in [1.82, 2.24) is 14.2 Å². The number of aliphatic hydroxyl groups excluding tert-OH is 2. The molecule has 1 aliphatic rings. The van der Waals surface area contributed by atoms with Gasteiger partial charge in [0.15, 0.2) is 0 Å². The molecule has 11 heteroatoms. The lowest BCUT2D eigenvalue weighted by molar-refractivity contribution is 0.0880. The van der Waals surface area contributed by atoms with Gasteiger partial charge in [-0.05, 0) is 73.0 Å². The third-order valence-corrected chi connectivity index (χ3v) is 9.98. The predicted molar refractivity (Wildman–Crippen MR) is 143 cm³/mol. The number of aromatic nitrogens is 1. The fraction of sp³-hybridized carbons (Fsp3) is 0.480. The number of benzene rings is 1. The number of hydrogen-bond donors (Lipinski definition) is 4. The average Bonchev–Trinajstić information content (AvgIpc) is 3.51. The molecule has 1 aromatic carbocycles. The van der Waals surface area contributed by atoms with E-state index in [0.29, 0.717) is 43.6 Å². The number of hydrogen-bond acceptors (Lipinski definition) is 7. The van der Waals surface area contributed by atoms with Crippen molar-refractivity contribution >= 4 is 38.2 Å². The van der Waals surface area contributed by atoms with Crippen LogP contribution in [0.25, 0.3) is 22.0 Å². The maximum Gasteiger partial charge on any atom is 0.250 e. The van der Waals surface area contributed by atoms with E-state index < -0.39 is 15.9 Å². The number of carbonyl (C=O) groups is 1. The van der Waals surface area contributed by atoms with Crippen molar-refractivity contribution in [2.24, 2.45) is 5.73 Å². The lowest BCUT2D eigenvalue weighted by Crippen LogP contribution is -2.38. The first-order valence-corrected chi connectivity index (χ1v) is 14.6. The SMILES string of the molecule is CCS(=O)(=O)N1CCC(c2c[nH]c3c(C(N)=O)cc(-c4csc(CN(C)C(CO)CO)c4)cc23)CC1. The fourth-order valence-corrected chi connectivity index (χ4v) is 6.99. The van der Waals surface area contributed by atoms with Gasteiger partial charge in [-0.2, -0.15) is 0 Å². The number of carbonyl (C=O) groups excluding carboxylic acids is 1. The number of H-pyrrole nitrogens is 1. The largest absolute Gasteiger partial charge is 0.395 e. The van der Waals surface area contributed by atoms with Crippen LogP contribution in [-0.4, -0.2) is 83.9 Å². The van der Waals surface area contributed by atoms with Crippen molar-refractivity contribution in [2.45, 2.75) is 38.3 Å². The lowest BCUT2D eigenvalue weighted by atomic mass is 9.88. The maximum atomic E-state index is 12.3. The van der Waals surface area contributed by atoms with E-state index in [-0.39, 0.29) is 30.9 Å². The summed E-state index contributed by atoms with van der Waals surface area (Å²) in [4.78, 5) is 18.6. The Bertz CT molecular complexity index is 1320. The van der Waals surface area contributed by atoms with Crippen molar-refractivity contribution in [2.75, 3.05) is 39.1 Å². The van der Waals surface area contributed by atoms with Crippen LogP contribution in [0.5, 0.6) is 0 Å². The number of thiophene rings is 1. The molecule has 1 fully saturated rings. The molecule has 0 bridgehead atoms. The van der Waals surface area contributed by atoms with Crippen molar-refractivity contribution in [3.8, 4) is 11.1 Å². The van der Waals surface area contributed by atoms with Crippen molar-refractivity contribution in [1.29, 1.82) is 0 Å². The molecule has 9 nitrogen and oxygen atoms in total. The van der Waals surface area contributed by atoms with Crippen LogP contribution >= 0.6 is 11.3 Å². The number of sulfonamides is 1. The lowest BCUT2D eigenvalue weighted by Gasteiger charge is -2.31. The zero-order valence-electron chi connectivity index (χ0n) is 20.6. The summed E-state index contributed by atoms with van der Waals surface area (Å²) in [5.41, 5.74) is 9.80. The number of likely N-dealkylation sites (N-methyl/N-ethyl adjacent to an activating group) is 1. The molecule has 196 valence electrons. The van der Waals surface area contributed by atoms with Crippen LogP contribution in [0.15, 0.2) is 29.8 Å². The summed E-state index contributed by atoms with van der Waals surface area (Å²) in [6.07, 6.45) is 3.36. The van der Waals surface area contributed by atoms with Crippen LogP contribution in [0.2, 0.25) is 0 Å². The Kier molecular flexibility index (Phi) is 8.18. The van der Waals surface area contributed by atoms with Gasteiger partial charge in [-0.25, -0.2) is 12.7 Å². The van der Waals surface area contributed by atoms with Gasteiger partial charge in [0.05, 0.1) is 36.1 Å². The third-order valence-electron chi connectivity index (χ3n) is 7.18. The Morgan fingerprint density at radius 2 is 1.92 bits per heavy atom. The Labute approximate surface area is 215 Å². The van der Waals surface area contributed by atoms with Crippen molar-refractivity contribution in [3.05, 3.63) is 45.8 Å². The predicted octanol–water partition coefficient (Wildman–Crippen LogP) is 2.31. The summed E-state index contributed by atoms with van der Waals surface area (Å²) in [7, 11) is -1.34. The van der Waals surface area contributed by atoms with Gasteiger partial charge >= 0.3 is 0 Å². The molecule has 1 aliphatic heterocycles. The number of nitrogens with two attached hydrogens (primary N) is 1. The minimum Gasteiger partial charge on any atom is -0.395 e. The molecule has 5 N–H and O–H groups in total. The first-order chi connectivity index (χ1) is 17.2. The summed E-state index contributed by atoms with van der Waals surface area (Å²) in [6, 6.07) is 5.61. The van der Waals surface area contributed by atoms with Gasteiger partial charge in [0.1, 0.15) is 0 Å². The third kappa shape index (κ3) is 5.36. The fourth-order valence-electron chi connectivity index (χ4n) is 4.91. The molecule has 0 aliphatic carbocycles. The van der Waals surface area contributed by atoms with E-state index >= 15 is 0 Å². The highest BCUT2D eigenvalue weighted by Gasteiger charge is 2.29. The second kappa shape index (κ2) is 11.0. The molecule has 0 spiro atoms. The maximum absolute atomic E-state index is 12.3. The smallest absolute Gasteiger partial charge is 0.250 e. The first-order valence-electron chi connectivity index (χ1n) is 12.1. The van der Waals surface area contributed by atoms with Gasteiger partial charge < -0.3 is 20.9 Å². The molecule has 0 saturated carbocycles. The molecule has 3 heterocycles. The number of aromatic amines is 1. The second-order valence-electron chi connectivity index (χ2n) is 9.36. The molecule has 4 rings (SSSR count). The average molecular weight is 535 g/mol. The van der Waals surface area contributed by atoms with Crippen LogP contribution in [-0.2, 0) is 16.6 Å². The zero-order chi connectivity index (χ0) is 26.0. The number of aliphatic hydroxyl groups is 2. The van der Waals surface area contributed by atoms with E-state index in [4.69, 9.17) is 5.73 Å². The van der Waals surface area contributed by atoms with Crippen molar-refractivity contribution < 1.29 is 23.4 Å². The van der Waals surface area contributed by atoms with Crippen LogP contribution in [0.4, 0.5) is 0 Å². The highest BCUT2D eigenvalue weighted by atomic mass is 32.2. The quantitative estimate of drug-likeness (QED) is 0.315. The molecule has 0 radical (unpaired) electrons. The van der Waals surface area contributed by atoms with E-state index in [1.54, 1.807) is 28.6 Å². The highest BCUT2D eigenvalue weighted by molar-refractivity contribution is 7.89. The molecule has 1 saturated heterocycles. The molecule has 3 aromatic rings. The zero-order valence-corrected chi connectivity index (χ0v) is 22.2. The van der Waals surface area contributed by atoms with E-state index in [1.807, 2.05) is 23.5 Å². The molecule has 0 atom stereocenters. The molecule has 0 unspecified atom stereocenters. The first kappa shape index (κ1) is 26.8. The molecular formula is C25H34N4O5S2. The Hall–Kier alpha value is -2.28. The Morgan fingerprint density at radius 1 is 1.22 bits per heavy atom. The number of nitrogens with zero attached hydrogens (tertiary/aromatic N) is 2. The van der Waals surface area contributed by atoms with Crippen LogP contribution < -0.4 is 5.73 Å². The number of piperidine rings is 1. The van der Waals surface area contributed by atoms with Gasteiger partial charge in [0, 0.05) is 36.1 Å². The van der Waals surface area contributed by atoms with Gasteiger partial charge in [0.25, 0.3) is 5.91 Å². The van der Waals surface area contributed by atoms with Gasteiger partial charge in [-0.1, -0.05) is 0 Å². The number of fused-ring (bicyclic) bond motifs is 1. The van der Waals surface area contributed by atoms with Crippen LogP contribution in [0, 0.1) is 0 Å². The van der Waals surface area contributed by atoms with E-state index in [0.717, 1.165) is 27.0 Å². The number of nitrogens with one attached hydrogen (secondary N) is 1. The number of rotatable bonds is 10. The normalized spacial score (nSPS) is 15.9. The number of amides is 1. The summed E-state index contributed by atoms with van der Waals surface area (Å²) >= 11 is 1.58. The minimum atomic E-state index is -3.20. The molecule has 36 heavy (non-hydrogen) atoms. The Balaban J connectivity index is 1.64. The van der Waals surface area contributed by atoms with E-state index in [1.165, 1.54) is 0 Å². The van der Waals surface area contributed by atoms with E-state index in [9.17, 15) is 23.4 Å². The van der Waals surface area contributed by atoms with Gasteiger partial charge in [0.2, 0.25) is 10.0 Å². The number of primary amides is 1. The van der Waals surface area contributed by atoms with Crippen molar-refractivity contribution in [3.63, 3.8) is 0 Å². The topological polar surface area (TPSA) is 140 Å². The highest BCUT2D eigenvalue weighted by Crippen LogP contribution is 2.38. The molecule has 2 aromatic heterocycles. The summed E-state index contributed by atoms with van der Waals surface area (Å²) in [5, 5.41) is 21.9. The van der Waals surface area contributed by atoms with Gasteiger partial charge in [-0.15, -0.1) is 11.3 Å². The van der Waals surface area contributed by atoms with Crippen LogP contribution in [0.1, 0.15) is 46.5 Å². The second-order valence-corrected chi connectivity index (χ2v) is 12.6. The summed E-state index contributed by atoms with van der Waals surface area (Å²) in [6.45, 7) is 2.97. The summed E-state index contributed by atoms with van der Waals surface area (Å²) in [5.74, 6) is -0.226. The standard InChI is InChI=1S/C25H34N4O5S2/c1-3-36(33,34)29-6-4-16(5-7-29)23-11-27-24-21(23)9-17(10-22(24)25(26)32)18-8-20(35-15-18)12-28(2)19(13-30)14-31/h8-11,15-16,19,27,30-31H,3-7,12-14H2,1-2H3,(H2,26,32). The Morgan fingerprint density at radius 3 is 2.53 bits per heavy atom. The van der Waals surface area contributed by atoms with E-state index in [2.05, 4.69) is 17.1 Å². The minimum absolute atomic E-state index is 0.106. The molecular weight excluding hydrogens is 500 g/mol. The van der Waals surface area contributed by atoms with Gasteiger partial charge in [-0.3, -0.25) is 9.69 Å². The van der Waals surface area contributed by atoms with Crippen LogP contribution in [0.3, 0.4) is 0 Å². The monoisotopic (exact) mass is 534 g/mol. The molecule has 1 amide bonds. The summed E-state index contributed by atoms with van der Waals surface area (Å²) < 4.78 is 26.1.